The zero-order valence-electron chi connectivity index (χ0n) is 12.3. The van der Waals surface area contributed by atoms with E-state index in [4.69, 9.17) is 4.42 Å². The molecule has 0 bridgehead atoms. The fourth-order valence-electron chi connectivity index (χ4n) is 2.58. The number of amides is 1. The van der Waals surface area contributed by atoms with Crippen LogP contribution in [0.5, 0.6) is 0 Å². The van der Waals surface area contributed by atoms with Gasteiger partial charge in [-0.3, -0.25) is 4.79 Å². The van der Waals surface area contributed by atoms with Gasteiger partial charge in [0.15, 0.2) is 10.8 Å². The molecule has 0 aromatic carbocycles. The van der Waals surface area contributed by atoms with Gasteiger partial charge in [-0.15, -0.1) is 11.3 Å². The van der Waals surface area contributed by atoms with Gasteiger partial charge in [0, 0.05) is 18.5 Å². The zero-order chi connectivity index (χ0) is 14.8. The van der Waals surface area contributed by atoms with E-state index in [-0.39, 0.29) is 5.91 Å². The number of hydrogen-bond acceptors (Lipinski definition) is 5. The Kier molecular flexibility index (Phi) is 4.07. The first kappa shape index (κ1) is 14.3. The second-order valence-corrected chi connectivity index (χ2v) is 6.20. The summed E-state index contributed by atoms with van der Waals surface area (Å²) in [6, 6.07) is 4.09. The van der Waals surface area contributed by atoms with E-state index in [0.29, 0.717) is 11.7 Å². The summed E-state index contributed by atoms with van der Waals surface area (Å²) in [5, 5.41) is 5.88. The fraction of sp³-hybridized carbons (Fsp3) is 0.467. The van der Waals surface area contributed by atoms with Crippen molar-refractivity contribution in [3.05, 3.63) is 29.0 Å². The van der Waals surface area contributed by atoms with E-state index in [9.17, 15) is 4.79 Å². The third-order valence-electron chi connectivity index (χ3n) is 3.85. The van der Waals surface area contributed by atoms with Crippen molar-refractivity contribution in [2.75, 3.05) is 20.1 Å². The number of rotatable bonds is 3. The molecule has 3 heterocycles. The topological polar surface area (TPSA) is 58.4 Å². The molecule has 1 aliphatic rings. The highest BCUT2D eigenvalue weighted by Crippen LogP contribution is 2.26. The standard InChI is InChI=1S/C15H19N3O2S/c1-10-3-4-13(20-10)14-17-12(9-21-14)15(19)18(2)11-5-7-16-8-6-11/h3-4,9,11,16H,5-8H2,1-2H3. The van der Waals surface area contributed by atoms with E-state index < -0.39 is 0 Å². The van der Waals surface area contributed by atoms with Crippen LogP contribution < -0.4 is 5.32 Å². The lowest BCUT2D eigenvalue weighted by atomic mass is 10.1. The Morgan fingerprint density at radius 2 is 2.19 bits per heavy atom. The number of carbonyl (C=O) groups excluding carboxylic acids is 1. The first-order valence-corrected chi connectivity index (χ1v) is 8.03. The van der Waals surface area contributed by atoms with Crippen molar-refractivity contribution in [2.24, 2.45) is 0 Å². The van der Waals surface area contributed by atoms with Crippen LogP contribution in [0.2, 0.25) is 0 Å². The quantitative estimate of drug-likeness (QED) is 0.946. The summed E-state index contributed by atoms with van der Waals surface area (Å²) in [7, 11) is 1.87. The summed E-state index contributed by atoms with van der Waals surface area (Å²) in [5.74, 6) is 1.56. The van der Waals surface area contributed by atoms with Crippen LogP contribution in [0.3, 0.4) is 0 Å². The van der Waals surface area contributed by atoms with E-state index in [0.717, 1.165) is 42.5 Å². The number of nitrogens with zero attached hydrogens (tertiary/aromatic N) is 2. The normalized spacial score (nSPS) is 16.1. The largest absolute Gasteiger partial charge is 0.459 e. The zero-order valence-corrected chi connectivity index (χ0v) is 13.1. The van der Waals surface area contributed by atoms with Gasteiger partial charge in [0.25, 0.3) is 5.91 Å². The molecule has 0 radical (unpaired) electrons. The maximum Gasteiger partial charge on any atom is 0.273 e. The van der Waals surface area contributed by atoms with Gasteiger partial charge in [-0.1, -0.05) is 0 Å². The average Bonchev–Trinajstić information content (AvgIpc) is 3.15. The summed E-state index contributed by atoms with van der Waals surface area (Å²) in [6.07, 6.45) is 1.99. The maximum absolute atomic E-state index is 12.5. The van der Waals surface area contributed by atoms with E-state index in [1.807, 2.05) is 36.4 Å². The van der Waals surface area contributed by atoms with Gasteiger partial charge in [0.05, 0.1) is 0 Å². The molecule has 1 fully saturated rings. The van der Waals surface area contributed by atoms with Crippen LogP contribution in [0.25, 0.3) is 10.8 Å². The van der Waals surface area contributed by atoms with Crippen LogP contribution in [0.1, 0.15) is 29.1 Å². The SMILES string of the molecule is Cc1ccc(-c2nc(C(=O)N(C)C3CCNCC3)cs2)o1. The lowest BCUT2D eigenvalue weighted by Crippen LogP contribution is -2.44. The van der Waals surface area contributed by atoms with Crippen molar-refractivity contribution < 1.29 is 9.21 Å². The molecule has 112 valence electrons. The summed E-state index contributed by atoms with van der Waals surface area (Å²) >= 11 is 1.44. The molecular weight excluding hydrogens is 286 g/mol. The second-order valence-electron chi connectivity index (χ2n) is 5.35. The molecular formula is C15H19N3O2S. The number of piperidine rings is 1. The number of furan rings is 1. The Morgan fingerprint density at radius 1 is 1.43 bits per heavy atom. The summed E-state index contributed by atoms with van der Waals surface area (Å²) in [4.78, 5) is 18.8. The molecule has 1 aliphatic heterocycles. The van der Waals surface area contributed by atoms with Gasteiger partial charge in [-0.25, -0.2) is 4.98 Å². The number of aryl methyl sites for hydroxylation is 1. The Labute approximate surface area is 128 Å². The number of nitrogens with one attached hydrogen (secondary N) is 1. The highest BCUT2D eigenvalue weighted by Gasteiger charge is 2.24. The number of carbonyl (C=O) groups is 1. The summed E-state index contributed by atoms with van der Waals surface area (Å²) in [6.45, 7) is 3.83. The molecule has 0 unspecified atom stereocenters. The minimum absolute atomic E-state index is 0.00678. The Bertz CT molecular complexity index is 628. The second kappa shape index (κ2) is 5.99. The van der Waals surface area contributed by atoms with Gasteiger partial charge in [0.1, 0.15) is 11.5 Å². The number of hydrogen-bond donors (Lipinski definition) is 1. The highest BCUT2D eigenvalue weighted by atomic mass is 32.1. The molecule has 0 aliphatic carbocycles. The molecule has 1 saturated heterocycles. The minimum atomic E-state index is -0.00678. The first-order valence-electron chi connectivity index (χ1n) is 7.15. The van der Waals surface area contributed by atoms with Crippen LogP contribution in [0, 0.1) is 6.92 Å². The average molecular weight is 305 g/mol. The van der Waals surface area contributed by atoms with Gasteiger partial charge >= 0.3 is 0 Å². The van der Waals surface area contributed by atoms with Crippen LogP contribution in [0.15, 0.2) is 21.9 Å². The number of thiazole rings is 1. The lowest BCUT2D eigenvalue weighted by Gasteiger charge is -2.31. The highest BCUT2D eigenvalue weighted by molar-refractivity contribution is 7.13. The maximum atomic E-state index is 12.5. The monoisotopic (exact) mass is 305 g/mol. The molecule has 21 heavy (non-hydrogen) atoms. The van der Waals surface area contributed by atoms with Crippen LogP contribution in [-0.2, 0) is 0 Å². The van der Waals surface area contributed by atoms with Crippen LogP contribution >= 0.6 is 11.3 Å². The van der Waals surface area contributed by atoms with E-state index in [1.165, 1.54) is 11.3 Å². The molecule has 2 aromatic rings. The molecule has 6 heteroatoms. The van der Waals surface area contributed by atoms with Crippen molar-refractivity contribution in [2.45, 2.75) is 25.8 Å². The number of aromatic nitrogens is 1. The van der Waals surface area contributed by atoms with Gasteiger partial charge in [-0.2, -0.15) is 0 Å². The third kappa shape index (κ3) is 3.01. The predicted octanol–water partition coefficient (Wildman–Crippen LogP) is 2.54. The van der Waals surface area contributed by atoms with Crippen LogP contribution in [-0.4, -0.2) is 42.0 Å². The summed E-state index contributed by atoms with van der Waals surface area (Å²) < 4.78 is 5.55. The van der Waals surface area contributed by atoms with Gasteiger partial charge in [0.2, 0.25) is 0 Å². The fourth-order valence-corrected chi connectivity index (χ4v) is 3.33. The molecule has 0 spiro atoms. The van der Waals surface area contributed by atoms with Crippen molar-refractivity contribution >= 4 is 17.2 Å². The van der Waals surface area contributed by atoms with E-state index in [2.05, 4.69) is 10.3 Å². The van der Waals surface area contributed by atoms with Crippen molar-refractivity contribution in [1.29, 1.82) is 0 Å². The minimum Gasteiger partial charge on any atom is -0.459 e. The molecule has 1 amide bonds. The molecule has 2 aromatic heterocycles. The predicted molar refractivity (Wildman–Crippen MR) is 82.5 cm³/mol. The lowest BCUT2D eigenvalue weighted by molar-refractivity contribution is 0.0698. The summed E-state index contributed by atoms with van der Waals surface area (Å²) in [5.41, 5.74) is 0.505. The van der Waals surface area contributed by atoms with Crippen LogP contribution in [0.4, 0.5) is 0 Å². The molecule has 0 atom stereocenters. The van der Waals surface area contributed by atoms with Gasteiger partial charge in [-0.05, 0) is 45.0 Å². The molecule has 0 saturated carbocycles. The smallest absolute Gasteiger partial charge is 0.273 e. The molecule has 3 rings (SSSR count). The van der Waals surface area contributed by atoms with Gasteiger partial charge < -0.3 is 14.6 Å². The third-order valence-corrected chi connectivity index (χ3v) is 4.71. The van der Waals surface area contributed by atoms with Crippen molar-refractivity contribution in [3.63, 3.8) is 0 Å². The first-order chi connectivity index (χ1) is 10.1. The van der Waals surface area contributed by atoms with Crippen molar-refractivity contribution in [1.82, 2.24) is 15.2 Å². The Balaban J connectivity index is 1.74. The Hall–Kier alpha value is -1.66. The molecule has 1 N–H and O–H groups in total. The Morgan fingerprint density at radius 3 is 2.86 bits per heavy atom. The molecule has 5 nitrogen and oxygen atoms in total. The van der Waals surface area contributed by atoms with E-state index >= 15 is 0 Å². The van der Waals surface area contributed by atoms with Crippen molar-refractivity contribution in [3.8, 4) is 10.8 Å². The van der Waals surface area contributed by atoms with E-state index in [1.54, 1.807) is 0 Å².